The molecule has 0 atom stereocenters. The van der Waals surface area contributed by atoms with E-state index in [1.165, 1.54) is 18.5 Å². The highest BCUT2D eigenvalue weighted by molar-refractivity contribution is 5.76. The lowest BCUT2D eigenvalue weighted by Gasteiger charge is -1.90. The normalized spacial score (nSPS) is 10.8. The maximum absolute atomic E-state index is 9.97. The van der Waals surface area contributed by atoms with Gasteiger partial charge in [0.25, 0.3) is 0 Å². The van der Waals surface area contributed by atoms with Crippen LogP contribution in [0.25, 0.3) is 0 Å². The zero-order valence-corrected chi connectivity index (χ0v) is 6.80. The van der Waals surface area contributed by atoms with Crippen molar-refractivity contribution < 1.29 is 19.8 Å². The van der Waals surface area contributed by atoms with Crippen molar-refractivity contribution in [1.82, 2.24) is 5.32 Å². The van der Waals surface area contributed by atoms with E-state index in [1.54, 1.807) is 0 Å². The topological polar surface area (TPSA) is 99.0 Å². The fourth-order valence-corrected chi connectivity index (χ4v) is 0.449. The molecule has 0 saturated carbocycles. The van der Waals surface area contributed by atoms with Crippen molar-refractivity contribution in [2.24, 2.45) is 4.99 Å². The molecule has 0 aromatic rings. The summed E-state index contributed by atoms with van der Waals surface area (Å²) in [6, 6.07) is 0. The van der Waals surface area contributed by atoms with Crippen molar-refractivity contribution in [1.29, 1.82) is 0 Å². The summed E-state index contributed by atoms with van der Waals surface area (Å²) in [5.74, 6) is -1.98. The molecule has 0 radical (unpaired) electrons. The Kier molecular flexibility index (Phi) is 5.86. The summed E-state index contributed by atoms with van der Waals surface area (Å²) in [6.07, 6.45) is 4.08. The summed E-state index contributed by atoms with van der Waals surface area (Å²) in [4.78, 5) is 23.4. The third-order valence-corrected chi connectivity index (χ3v) is 0.885. The molecule has 0 aromatic carbocycles. The second kappa shape index (κ2) is 6.84. The SMILES string of the molecule is O=C(O)CN=C/C=C/NCC(=O)O. The van der Waals surface area contributed by atoms with Crippen molar-refractivity contribution in [3.05, 3.63) is 12.3 Å². The number of rotatable bonds is 6. The van der Waals surface area contributed by atoms with Crippen molar-refractivity contribution in [2.75, 3.05) is 13.1 Å². The van der Waals surface area contributed by atoms with E-state index in [9.17, 15) is 9.59 Å². The first-order chi connectivity index (χ1) is 6.13. The monoisotopic (exact) mass is 186 g/mol. The van der Waals surface area contributed by atoms with Gasteiger partial charge in [-0.2, -0.15) is 0 Å². The smallest absolute Gasteiger partial charge is 0.325 e. The minimum absolute atomic E-state index is 0.177. The lowest BCUT2D eigenvalue weighted by atomic mass is 10.6. The number of aliphatic carboxylic acids is 2. The highest BCUT2D eigenvalue weighted by atomic mass is 16.4. The van der Waals surface area contributed by atoms with E-state index in [0.29, 0.717) is 0 Å². The summed E-state index contributed by atoms with van der Waals surface area (Å²) >= 11 is 0. The van der Waals surface area contributed by atoms with Gasteiger partial charge in [-0.15, -0.1) is 0 Å². The van der Waals surface area contributed by atoms with Crippen LogP contribution in [0.5, 0.6) is 0 Å². The Labute approximate surface area is 74.6 Å². The Morgan fingerprint density at radius 1 is 1.31 bits per heavy atom. The second-order valence-corrected chi connectivity index (χ2v) is 2.02. The largest absolute Gasteiger partial charge is 0.480 e. The van der Waals surface area contributed by atoms with Gasteiger partial charge in [0.15, 0.2) is 0 Å². The standard InChI is InChI=1S/C7H10N2O4/c10-6(11)4-8-2-1-3-9-5-7(12)13/h1-3,8H,4-5H2,(H,10,11)(H,12,13)/b2-1+,9-3?. The molecule has 72 valence electrons. The van der Waals surface area contributed by atoms with Gasteiger partial charge in [-0.3, -0.25) is 14.6 Å². The lowest BCUT2D eigenvalue weighted by Crippen LogP contribution is -2.16. The summed E-state index contributed by atoms with van der Waals surface area (Å²) < 4.78 is 0. The number of carboxylic acids is 2. The second-order valence-electron chi connectivity index (χ2n) is 2.02. The first-order valence-electron chi connectivity index (χ1n) is 3.45. The van der Waals surface area contributed by atoms with Crippen LogP contribution < -0.4 is 5.32 Å². The molecule has 3 N–H and O–H groups in total. The van der Waals surface area contributed by atoms with E-state index in [4.69, 9.17) is 10.2 Å². The van der Waals surface area contributed by atoms with Crippen LogP contribution in [0.4, 0.5) is 0 Å². The first kappa shape index (κ1) is 11.2. The Morgan fingerprint density at radius 3 is 2.54 bits per heavy atom. The predicted octanol–water partition coefficient (Wildman–Crippen LogP) is -0.670. The molecular formula is C7H10N2O4. The van der Waals surface area contributed by atoms with Gasteiger partial charge in [0.1, 0.15) is 13.1 Å². The average molecular weight is 186 g/mol. The molecule has 0 aliphatic carbocycles. The van der Waals surface area contributed by atoms with E-state index in [0.717, 1.165) is 0 Å². The molecule has 0 unspecified atom stereocenters. The van der Waals surface area contributed by atoms with E-state index in [1.807, 2.05) is 0 Å². The zero-order valence-electron chi connectivity index (χ0n) is 6.80. The van der Waals surface area contributed by atoms with Crippen molar-refractivity contribution in [3.63, 3.8) is 0 Å². The number of aliphatic imine (C=N–C) groups is 1. The molecule has 0 aromatic heterocycles. The molecule has 0 saturated heterocycles. The van der Waals surface area contributed by atoms with Crippen LogP contribution in [0.2, 0.25) is 0 Å². The van der Waals surface area contributed by atoms with Gasteiger partial charge in [-0.05, 0) is 12.3 Å². The van der Waals surface area contributed by atoms with Crippen LogP contribution in [0.1, 0.15) is 0 Å². The van der Waals surface area contributed by atoms with E-state index >= 15 is 0 Å². The van der Waals surface area contributed by atoms with Gasteiger partial charge in [0.2, 0.25) is 0 Å². The third-order valence-electron chi connectivity index (χ3n) is 0.885. The van der Waals surface area contributed by atoms with E-state index < -0.39 is 11.9 Å². The molecule has 0 rings (SSSR count). The number of nitrogens with one attached hydrogen (secondary N) is 1. The van der Waals surface area contributed by atoms with Gasteiger partial charge in [-0.25, -0.2) is 0 Å². The Hall–Kier alpha value is -1.85. The van der Waals surface area contributed by atoms with Crippen LogP contribution in [-0.4, -0.2) is 41.5 Å². The molecule has 0 spiro atoms. The lowest BCUT2D eigenvalue weighted by molar-refractivity contribution is -0.136. The molecular weight excluding hydrogens is 176 g/mol. The first-order valence-corrected chi connectivity index (χ1v) is 3.45. The van der Waals surface area contributed by atoms with Gasteiger partial charge in [-0.1, -0.05) is 0 Å². The Balaban J connectivity index is 3.45. The Bertz CT molecular complexity index is 235. The number of hydrogen-bond acceptors (Lipinski definition) is 4. The molecule has 0 aliphatic rings. The van der Waals surface area contributed by atoms with Crippen molar-refractivity contribution >= 4 is 18.2 Å². The van der Waals surface area contributed by atoms with E-state index in [2.05, 4.69) is 10.3 Å². The summed E-state index contributed by atoms with van der Waals surface area (Å²) in [5, 5.41) is 18.8. The predicted molar refractivity (Wildman–Crippen MR) is 45.8 cm³/mol. The van der Waals surface area contributed by atoms with Gasteiger partial charge < -0.3 is 15.5 Å². The molecule has 6 nitrogen and oxygen atoms in total. The number of carbonyl (C=O) groups is 2. The van der Waals surface area contributed by atoms with Crippen molar-refractivity contribution in [3.8, 4) is 0 Å². The summed E-state index contributed by atoms with van der Waals surface area (Å²) in [5.41, 5.74) is 0. The van der Waals surface area contributed by atoms with Crippen LogP contribution in [-0.2, 0) is 9.59 Å². The highest BCUT2D eigenvalue weighted by Gasteiger charge is 1.89. The quantitative estimate of drug-likeness (QED) is 0.478. The number of nitrogens with zero attached hydrogens (tertiary/aromatic N) is 1. The average Bonchev–Trinajstić information content (AvgIpc) is 2.01. The van der Waals surface area contributed by atoms with Gasteiger partial charge >= 0.3 is 11.9 Å². The fourth-order valence-electron chi connectivity index (χ4n) is 0.449. The molecule has 0 heterocycles. The number of allylic oxidation sites excluding steroid dienone is 1. The van der Waals surface area contributed by atoms with Crippen LogP contribution in [0.15, 0.2) is 17.3 Å². The fraction of sp³-hybridized carbons (Fsp3) is 0.286. The van der Waals surface area contributed by atoms with Gasteiger partial charge in [0, 0.05) is 6.21 Å². The zero-order chi connectivity index (χ0) is 10.1. The minimum atomic E-state index is -1.01. The Morgan fingerprint density at radius 2 is 2.00 bits per heavy atom. The summed E-state index contributed by atoms with van der Waals surface area (Å²) in [6.45, 7) is -0.466. The van der Waals surface area contributed by atoms with Crippen LogP contribution in [0.3, 0.4) is 0 Å². The number of hydrogen-bond donors (Lipinski definition) is 3. The maximum atomic E-state index is 9.97. The molecule has 13 heavy (non-hydrogen) atoms. The van der Waals surface area contributed by atoms with E-state index in [-0.39, 0.29) is 13.1 Å². The highest BCUT2D eigenvalue weighted by Crippen LogP contribution is 1.70. The van der Waals surface area contributed by atoms with Crippen LogP contribution in [0, 0.1) is 0 Å². The molecule has 6 heteroatoms. The van der Waals surface area contributed by atoms with Gasteiger partial charge in [0.05, 0.1) is 0 Å². The van der Waals surface area contributed by atoms with Crippen molar-refractivity contribution in [2.45, 2.75) is 0 Å². The molecule has 0 aliphatic heterocycles. The minimum Gasteiger partial charge on any atom is -0.480 e. The number of carboxylic acid groups (broad SMARTS) is 2. The third kappa shape index (κ3) is 10.2. The van der Waals surface area contributed by atoms with Crippen LogP contribution >= 0.6 is 0 Å². The molecule has 0 fully saturated rings. The maximum Gasteiger partial charge on any atom is 0.325 e. The molecule has 0 amide bonds. The molecule has 0 bridgehead atoms. The summed E-state index contributed by atoms with van der Waals surface area (Å²) in [7, 11) is 0.